The van der Waals surface area contributed by atoms with E-state index in [9.17, 15) is 4.79 Å². The lowest BCUT2D eigenvalue weighted by Crippen LogP contribution is -2.67. The zero-order valence-electron chi connectivity index (χ0n) is 14.9. The summed E-state index contributed by atoms with van der Waals surface area (Å²) >= 11 is 0. The highest BCUT2D eigenvalue weighted by Gasteiger charge is 2.50. The van der Waals surface area contributed by atoms with E-state index in [1.165, 1.54) is 6.42 Å². The Hall–Kier alpha value is -1.69. The molecule has 1 saturated carbocycles. The van der Waals surface area contributed by atoms with Crippen LogP contribution in [0.1, 0.15) is 44.2 Å². The first-order valence-electron chi connectivity index (χ1n) is 9.48. The van der Waals surface area contributed by atoms with Crippen molar-refractivity contribution in [2.45, 2.75) is 51.0 Å². The van der Waals surface area contributed by atoms with Gasteiger partial charge in [0.15, 0.2) is 0 Å². The Balaban J connectivity index is 1.22. The molecular formula is C19H27N3O3. The van der Waals surface area contributed by atoms with Crippen LogP contribution in [0.15, 0.2) is 12.4 Å². The Morgan fingerprint density at radius 2 is 2.20 bits per heavy atom. The van der Waals surface area contributed by atoms with Gasteiger partial charge in [0.25, 0.3) is 0 Å². The second-order valence-corrected chi connectivity index (χ2v) is 7.85. The van der Waals surface area contributed by atoms with E-state index >= 15 is 0 Å². The van der Waals surface area contributed by atoms with E-state index in [0.717, 1.165) is 57.5 Å². The Morgan fingerprint density at radius 3 is 2.92 bits per heavy atom. The molecule has 1 spiro atoms. The largest absolute Gasteiger partial charge is 0.477 e. The number of aromatic nitrogens is 2. The first-order chi connectivity index (χ1) is 12.1. The van der Waals surface area contributed by atoms with Crippen LogP contribution in [0.4, 0.5) is 0 Å². The molecular weight excluding hydrogens is 318 g/mol. The lowest BCUT2D eigenvalue weighted by molar-refractivity contribution is -0.193. The predicted molar refractivity (Wildman–Crippen MR) is 92.2 cm³/mol. The number of rotatable bonds is 5. The first kappa shape index (κ1) is 16.8. The molecule has 3 heterocycles. The summed E-state index contributed by atoms with van der Waals surface area (Å²) in [6.45, 7) is 4.92. The minimum Gasteiger partial charge on any atom is -0.477 e. The molecule has 2 aliphatic heterocycles. The fourth-order valence-electron chi connectivity index (χ4n) is 4.15. The maximum atomic E-state index is 12.3. The summed E-state index contributed by atoms with van der Waals surface area (Å²) in [5.41, 5.74) is 0.777. The molecule has 2 saturated heterocycles. The summed E-state index contributed by atoms with van der Waals surface area (Å²) in [4.78, 5) is 22.7. The van der Waals surface area contributed by atoms with Gasteiger partial charge in [0.05, 0.1) is 31.6 Å². The standard InChI is InChI=1S/C19H27N3O3/c1-14-10-20-11-17(21-14)24-7-5-15-6-8-25-19(9-15)12-22(13-19)18(23)16-3-2-4-16/h10-11,15-16H,2-9,12-13H2,1H3/t15-/m0/s1. The van der Waals surface area contributed by atoms with Crippen LogP contribution < -0.4 is 4.74 Å². The fraction of sp³-hybridized carbons (Fsp3) is 0.737. The Labute approximate surface area is 148 Å². The van der Waals surface area contributed by atoms with E-state index in [1.807, 2.05) is 11.8 Å². The highest BCUT2D eigenvalue weighted by atomic mass is 16.5. The normalized spacial score (nSPS) is 25.3. The van der Waals surface area contributed by atoms with E-state index in [-0.39, 0.29) is 5.60 Å². The molecule has 0 aromatic carbocycles. The lowest BCUT2D eigenvalue weighted by atomic mass is 9.77. The van der Waals surface area contributed by atoms with Gasteiger partial charge in [-0.25, -0.2) is 4.98 Å². The van der Waals surface area contributed by atoms with E-state index in [1.54, 1.807) is 12.4 Å². The molecule has 3 aliphatic rings. The number of hydrogen-bond donors (Lipinski definition) is 0. The van der Waals surface area contributed by atoms with Crippen molar-refractivity contribution in [2.75, 3.05) is 26.3 Å². The summed E-state index contributed by atoms with van der Waals surface area (Å²) < 4.78 is 11.8. The molecule has 4 rings (SSSR count). The summed E-state index contributed by atoms with van der Waals surface area (Å²) in [5, 5.41) is 0. The van der Waals surface area contributed by atoms with Crippen LogP contribution in [0.5, 0.6) is 5.88 Å². The van der Waals surface area contributed by atoms with Crippen LogP contribution in [0.2, 0.25) is 0 Å². The van der Waals surface area contributed by atoms with Crippen molar-refractivity contribution < 1.29 is 14.3 Å². The molecule has 6 nitrogen and oxygen atoms in total. The molecule has 136 valence electrons. The number of nitrogens with zero attached hydrogens (tertiary/aromatic N) is 3. The molecule has 1 amide bonds. The predicted octanol–water partition coefficient (Wildman–Crippen LogP) is 2.36. The summed E-state index contributed by atoms with van der Waals surface area (Å²) in [7, 11) is 0. The lowest BCUT2D eigenvalue weighted by Gasteiger charge is -2.54. The van der Waals surface area contributed by atoms with Gasteiger partial charge in [-0.2, -0.15) is 0 Å². The minimum absolute atomic E-state index is 0.0918. The Kier molecular flexibility index (Phi) is 4.63. The van der Waals surface area contributed by atoms with Gasteiger partial charge >= 0.3 is 0 Å². The summed E-state index contributed by atoms with van der Waals surface area (Å²) in [6.07, 6.45) is 9.84. The Bertz CT molecular complexity index is 626. The van der Waals surface area contributed by atoms with E-state index in [2.05, 4.69) is 9.97 Å². The third-order valence-electron chi connectivity index (χ3n) is 5.83. The van der Waals surface area contributed by atoms with Gasteiger partial charge in [-0.15, -0.1) is 0 Å². The van der Waals surface area contributed by atoms with Crippen LogP contribution in [0, 0.1) is 18.8 Å². The van der Waals surface area contributed by atoms with E-state index in [0.29, 0.717) is 30.2 Å². The second kappa shape index (κ2) is 6.90. The van der Waals surface area contributed by atoms with E-state index < -0.39 is 0 Å². The van der Waals surface area contributed by atoms with Crippen LogP contribution in [0.25, 0.3) is 0 Å². The van der Waals surface area contributed by atoms with Crippen molar-refractivity contribution in [1.82, 2.24) is 14.9 Å². The van der Waals surface area contributed by atoms with Gasteiger partial charge in [-0.3, -0.25) is 9.78 Å². The molecule has 0 radical (unpaired) electrons. The zero-order chi connectivity index (χ0) is 17.3. The van der Waals surface area contributed by atoms with Gasteiger partial charge in [-0.05, 0) is 44.9 Å². The number of likely N-dealkylation sites (tertiary alicyclic amines) is 1. The smallest absolute Gasteiger partial charge is 0.232 e. The van der Waals surface area contributed by atoms with Crippen molar-refractivity contribution in [3.8, 4) is 5.88 Å². The molecule has 1 atom stereocenters. The van der Waals surface area contributed by atoms with Gasteiger partial charge < -0.3 is 14.4 Å². The maximum Gasteiger partial charge on any atom is 0.232 e. The first-order valence-corrected chi connectivity index (χ1v) is 9.48. The number of carbonyl (C=O) groups excluding carboxylic acids is 1. The Morgan fingerprint density at radius 1 is 1.36 bits per heavy atom. The van der Waals surface area contributed by atoms with Gasteiger partial charge in [0, 0.05) is 18.7 Å². The fourth-order valence-corrected chi connectivity index (χ4v) is 4.15. The molecule has 0 bridgehead atoms. The average Bonchev–Trinajstić information content (AvgIpc) is 2.51. The summed E-state index contributed by atoms with van der Waals surface area (Å²) in [5.74, 6) is 1.83. The van der Waals surface area contributed by atoms with Gasteiger partial charge in [0.1, 0.15) is 5.60 Å². The van der Waals surface area contributed by atoms with Crippen molar-refractivity contribution in [1.29, 1.82) is 0 Å². The SMILES string of the molecule is Cc1cncc(OCC[C@H]2CCOC3(C2)CN(C(=O)C2CCC2)C3)n1. The molecule has 6 heteroatoms. The topological polar surface area (TPSA) is 64.6 Å². The van der Waals surface area contributed by atoms with Crippen molar-refractivity contribution in [3.05, 3.63) is 18.1 Å². The van der Waals surface area contributed by atoms with Crippen LogP contribution in [-0.2, 0) is 9.53 Å². The van der Waals surface area contributed by atoms with Crippen molar-refractivity contribution in [2.24, 2.45) is 11.8 Å². The number of ether oxygens (including phenoxy) is 2. The minimum atomic E-state index is -0.0918. The molecule has 3 fully saturated rings. The average molecular weight is 345 g/mol. The number of aryl methyl sites for hydroxylation is 1. The van der Waals surface area contributed by atoms with Gasteiger partial charge in [0.2, 0.25) is 11.8 Å². The van der Waals surface area contributed by atoms with Crippen molar-refractivity contribution in [3.63, 3.8) is 0 Å². The third-order valence-corrected chi connectivity index (χ3v) is 5.83. The highest BCUT2D eigenvalue weighted by molar-refractivity contribution is 5.80. The number of hydrogen-bond acceptors (Lipinski definition) is 5. The zero-order valence-corrected chi connectivity index (χ0v) is 14.9. The molecule has 1 aromatic rings. The molecule has 0 unspecified atom stereocenters. The molecule has 25 heavy (non-hydrogen) atoms. The number of carbonyl (C=O) groups is 1. The second-order valence-electron chi connectivity index (χ2n) is 7.85. The third kappa shape index (κ3) is 3.64. The van der Waals surface area contributed by atoms with Crippen molar-refractivity contribution >= 4 is 5.91 Å². The molecule has 1 aromatic heterocycles. The highest BCUT2D eigenvalue weighted by Crippen LogP contribution is 2.40. The van der Waals surface area contributed by atoms with Gasteiger partial charge in [-0.1, -0.05) is 6.42 Å². The van der Waals surface area contributed by atoms with Crippen LogP contribution >= 0.6 is 0 Å². The monoisotopic (exact) mass is 345 g/mol. The quantitative estimate of drug-likeness (QED) is 0.820. The van der Waals surface area contributed by atoms with Crippen LogP contribution in [0.3, 0.4) is 0 Å². The number of amides is 1. The summed E-state index contributed by atoms with van der Waals surface area (Å²) in [6, 6.07) is 0. The maximum absolute atomic E-state index is 12.3. The molecule has 1 aliphatic carbocycles. The van der Waals surface area contributed by atoms with Crippen LogP contribution in [-0.4, -0.2) is 52.7 Å². The molecule has 0 N–H and O–H groups in total. The van der Waals surface area contributed by atoms with E-state index in [4.69, 9.17) is 9.47 Å².